The molecule has 3 rings (SSSR count). The second-order valence-electron chi connectivity index (χ2n) is 6.05. The largest absolute Gasteiger partial charge is 0.507 e. The lowest BCUT2D eigenvalue weighted by atomic mass is 9.95. The van der Waals surface area contributed by atoms with E-state index in [1.165, 1.54) is 4.90 Å². The van der Waals surface area contributed by atoms with Gasteiger partial charge in [0.15, 0.2) is 0 Å². The van der Waals surface area contributed by atoms with E-state index >= 15 is 0 Å². The number of hydrogen-bond acceptors (Lipinski definition) is 4. The highest BCUT2D eigenvalue weighted by Crippen LogP contribution is 2.38. The summed E-state index contributed by atoms with van der Waals surface area (Å²) in [5.41, 5.74) is 2.42. The zero-order valence-electron chi connectivity index (χ0n) is 14.3. The van der Waals surface area contributed by atoms with Gasteiger partial charge in [-0.2, -0.15) is 0 Å². The maximum Gasteiger partial charge on any atom is 0.295 e. The van der Waals surface area contributed by atoms with Gasteiger partial charge in [-0.1, -0.05) is 29.8 Å². The fraction of sp³-hybridized carbons (Fsp3) is 0.200. The average molecular weight is 337 g/mol. The molecule has 2 aromatic rings. The Morgan fingerprint density at radius 2 is 1.64 bits per heavy atom. The highest BCUT2D eigenvalue weighted by molar-refractivity contribution is 6.46. The first kappa shape index (κ1) is 16.8. The minimum Gasteiger partial charge on any atom is -0.507 e. The van der Waals surface area contributed by atoms with E-state index in [4.69, 9.17) is 4.74 Å². The monoisotopic (exact) mass is 337 g/mol. The number of aryl methyl sites for hydroxylation is 1. The van der Waals surface area contributed by atoms with Gasteiger partial charge in [0.1, 0.15) is 11.5 Å². The summed E-state index contributed by atoms with van der Waals surface area (Å²) in [6, 6.07) is 13.6. The van der Waals surface area contributed by atoms with Crippen molar-refractivity contribution in [3.05, 3.63) is 70.8 Å². The van der Waals surface area contributed by atoms with E-state index in [0.717, 1.165) is 11.1 Å². The molecule has 1 saturated heterocycles. The molecule has 128 valence electrons. The molecule has 2 aromatic carbocycles. The van der Waals surface area contributed by atoms with Gasteiger partial charge in [0, 0.05) is 12.6 Å². The van der Waals surface area contributed by atoms with Crippen LogP contribution in [0.25, 0.3) is 5.76 Å². The standard InChI is InChI=1S/C20H19NO4/c1-12-4-6-13(7-5-12)17-16(19(23)20(24)21(17)2)18(22)14-8-10-15(25-3)11-9-14/h4-11,17,22H,1-3H3/t17-/m1/s1. The molecule has 5 heteroatoms. The van der Waals surface area contributed by atoms with Crippen LogP contribution in [0.4, 0.5) is 0 Å². The Labute approximate surface area is 146 Å². The van der Waals surface area contributed by atoms with Crippen LogP contribution in [0, 0.1) is 6.92 Å². The van der Waals surface area contributed by atoms with Crippen LogP contribution in [0.2, 0.25) is 0 Å². The second kappa shape index (κ2) is 6.43. The molecule has 0 radical (unpaired) electrons. The van der Waals surface area contributed by atoms with Crippen molar-refractivity contribution >= 4 is 17.4 Å². The van der Waals surface area contributed by atoms with Crippen molar-refractivity contribution in [1.29, 1.82) is 0 Å². The summed E-state index contributed by atoms with van der Waals surface area (Å²) >= 11 is 0. The van der Waals surface area contributed by atoms with Crippen molar-refractivity contribution in [2.75, 3.05) is 14.2 Å². The summed E-state index contributed by atoms with van der Waals surface area (Å²) < 4.78 is 5.10. The molecule has 1 N–H and O–H groups in total. The number of likely N-dealkylation sites (tertiary alicyclic amines) is 1. The zero-order valence-corrected chi connectivity index (χ0v) is 14.3. The fourth-order valence-corrected chi connectivity index (χ4v) is 2.99. The SMILES string of the molecule is COc1ccc(C(O)=C2C(=O)C(=O)N(C)[C@@H]2c2ccc(C)cc2)cc1. The van der Waals surface area contributed by atoms with Gasteiger partial charge in [0.05, 0.1) is 18.7 Å². The first-order chi connectivity index (χ1) is 11.9. The lowest BCUT2D eigenvalue weighted by Crippen LogP contribution is -2.24. The summed E-state index contributed by atoms with van der Waals surface area (Å²) in [4.78, 5) is 26.0. The van der Waals surface area contributed by atoms with E-state index in [1.54, 1.807) is 38.4 Å². The van der Waals surface area contributed by atoms with Gasteiger partial charge < -0.3 is 14.7 Å². The lowest BCUT2D eigenvalue weighted by Gasteiger charge is -2.21. The number of ketones is 1. The molecule has 5 nitrogen and oxygen atoms in total. The molecule has 1 heterocycles. The molecule has 1 fully saturated rings. The number of aliphatic hydroxyl groups excluding tert-OH is 1. The number of aliphatic hydroxyl groups is 1. The predicted octanol–water partition coefficient (Wildman–Crippen LogP) is 3.06. The Kier molecular flexibility index (Phi) is 4.31. The Morgan fingerprint density at radius 1 is 1.04 bits per heavy atom. The van der Waals surface area contributed by atoms with Gasteiger partial charge in [-0.15, -0.1) is 0 Å². The molecule has 1 atom stereocenters. The number of benzene rings is 2. The highest BCUT2D eigenvalue weighted by atomic mass is 16.5. The second-order valence-corrected chi connectivity index (χ2v) is 6.05. The Bertz CT molecular complexity index is 850. The number of methoxy groups -OCH3 is 1. The number of hydrogen-bond donors (Lipinski definition) is 1. The zero-order chi connectivity index (χ0) is 18.1. The molecule has 1 aliphatic rings. The van der Waals surface area contributed by atoms with E-state index in [1.807, 2.05) is 31.2 Å². The Balaban J connectivity index is 2.12. The molecule has 0 unspecified atom stereocenters. The number of amides is 1. The summed E-state index contributed by atoms with van der Waals surface area (Å²) in [5.74, 6) is -0.847. The van der Waals surface area contributed by atoms with Crippen LogP contribution in [-0.4, -0.2) is 35.9 Å². The Hall–Kier alpha value is -3.08. The molecule has 0 spiro atoms. The molecule has 1 aliphatic heterocycles. The summed E-state index contributed by atoms with van der Waals surface area (Å²) in [6.45, 7) is 1.96. The number of ether oxygens (including phenoxy) is 1. The van der Waals surface area contributed by atoms with Crippen LogP contribution in [0.1, 0.15) is 22.7 Å². The van der Waals surface area contributed by atoms with Crippen molar-refractivity contribution in [2.24, 2.45) is 0 Å². The van der Waals surface area contributed by atoms with Crippen LogP contribution in [0.3, 0.4) is 0 Å². The van der Waals surface area contributed by atoms with Gasteiger partial charge >= 0.3 is 0 Å². The van der Waals surface area contributed by atoms with Crippen LogP contribution in [-0.2, 0) is 9.59 Å². The number of carbonyl (C=O) groups is 2. The van der Waals surface area contributed by atoms with Crippen LogP contribution < -0.4 is 4.74 Å². The van der Waals surface area contributed by atoms with E-state index in [2.05, 4.69) is 0 Å². The first-order valence-electron chi connectivity index (χ1n) is 7.89. The first-order valence-corrected chi connectivity index (χ1v) is 7.89. The van der Waals surface area contributed by atoms with E-state index in [9.17, 15) is 14.7 Å². The van der Waals surface area contributed by atoms with Crippen molar-refractivity contribution in [2.45, 2.75) is 13.0 Å². The van der Waals surface area contributed by atoms with Crippen molar-refractivity contribution in [3.63, 3.8) is 0 Å². The van der Waals surface area contributed by atoms with E-state index in [0.29, 0.717) is 11.3 Å². The quantitative estimate of drug-likeness (QED) is 0.531. The molecule has 1 amide bonds. The maximum absolute atomic E-state index is 12.5. The van der Waals surface area contributed by atoms with E-state index in [-0.39, 0.29) is 11.3 Å². The molecule has 25 heavy (non-hydrogen) atoms. The predicted molar refractivity (Wildman–Crippen MR) is 94.2 cm³/mol. The summed E-state index contributed by atoms with van der Waals surface area (Å²) in [7, 11) is 3.12. The van der Waals surface area contributed by atoms with Gasteiger partial charge in [-0.05, 0) is 36.8 Å². The molecule has 0 aliphatic carbocycles. The van der Waals surface area contributed by atoms with Gasteiger partial charge in [0.25, 0.3) is 11.7 Å². The smallest absolute Gasteiger partial charge is 0.295 e. The van der Waals surface area contributed by atoms with Crippen LogP contribution in [0.5, 0.6) is 5.75 Å². The van der Waals surface area contributed by atoms with E-state index < -0.39 is 17.7 Å². The molecule has 0 aromatic heterocycles. The molecule has 0 bridgehead atoms. The third-order valence-electron chi connectivity index (χ3n) is 4.43. The molecule has 0 saturated carbocycles. The number of carbonyl (C=O) groups excluding carboxylic acids is 2. The van der Waals surface area contributed by atoms with Crippen LogP contribution in [0.15, 0.2) is 54.1 Å². The third-order valence-corrected chi connectivity index (χ3v) is 4.43. The number of Topliss-reactive ketones (excluding diaryl/α,β-unsaturated/α-hetero) is 1. The van der Waals surface area contributed by atoms with Gasteiger partial charge in [0.2, 0.25) is 0 Å². The van der Waals surface area contributed by atoms with Gasteiger partial charge in [-0.3, -0.25) is 9.59 Å². The summed E-state index contributed by atoms with van der Waals surface area (Å²) in [6.07, 6.45) is 0. The van der Waals surface area contributed by atoms with Crippen molar-refractivity contribution in [1.82, 2.24) is 4.90 Å². The topological polar surface area (TPSA) is 66.8 Å². The molecular formula is C20H19NO4. The average Bonchev–Trinajstić information content (AvgIpc) is 2.86. The normalized spacial score (nSPS) is 19.3. The fourth-order valence-electron chi connectivity index (χ4n) is 2.99. The maximum atomic E-state index is 12.5. The van der Waals surface area contributed by atoms with Crippen LogP contribution >= 0.6 is 0 Å². The number of nitrogens with zero attached hydrogens (tertiary/aromatic N) is 1. The number of likely N-dealkylation sites (N-methyl/N-ethyl adjacent to an activating group) is 1. The number of rotatable bonds is 3. The van der Waals surface area contributed by atoms with Gasteiger partial charge in [-0.25, -0.2) is 0 Å². The third kappa shape index (κ3) is 2.89. The minimum atomic E-state index is -0.679. The highest BCUT2D eigenvalue weighted by Gasteiger charge is 2.44. The minimum absolute atomic E-state index is 0.0986. The van der Waals surface area contributed by atoms with Crippen molar-refractivity contribution in [3.8, 4) is 5.75 Å². The van der Waals surface area contributed by atoms with Crippen molar-refractivity contribution < 1.29 is 19.4 Å². The Morgan fingerprint density at radius 3 is 2.20 bits per heavy atom. The summed E-state index contributed by atoms with van der Waals surface area (Å²) in [5, 5.41) is 10.7. The lowest BCUT2D eigenvalue weighted by molar-refractivity contribution is -0.139. The molecular weight excluding hydrogens is 318 g/mol.